The molecule has 0 spiro atoms. The van der Waals surface area contributed by atoms with Gasteiger partial charge in [-0.2, -0.15) is 0 Å². The Bertz CT molecular complexity index is 1240. The molecule has 0 aromatic heterocycles. The van der Waals surface area contributed by atoms with Crippen molar-refractivity contribution in [1.82, 2.24) is 5.32 Å². The van der Waals surface area contributed by atoms with Crippen LogP contribution in [0.3, 0.4) is 0 Å². The molecule has 68 heavy (non-hydrogen) atoms. The van der Waals surface area contributed by atoms with Crippen LogP contribution < -0.4 is 5.32 Å². The molecule has 1 aliphatic heterocycles. The zero-order chi connectivity index (χ0) is 49.7. The zero-order valence-corrected chi connectivity index (χ0v) is 43.3. The Morgan fingerprint density at radius 3 is 1.40 bits per heavy atom. The number of hydrogen-bond donors (Lipinski definition) is 8. The summed E-state index contributed by atoms with van der Waals surface area (Å²) in [7, 11) is 0. The number of carbonyl (C=O) groups excluding carboxylic acids is 1. The third kappa shape index (κ3) is 34.4. The number of aliphatic hydroxyl groups is 7. The molecule has 1 heterocycles. The van der Waals surface area contributed by atoms with Crippen LogP contribution in [-0.4, -0.2) is 110 Å². The zero-order valence-electron chi connectivity index (χ0n) is 43.3. The molecule has 11 nitrogen and oxygen atoms in total. The fraction of sp³-hybridized carbons (Fsp3) is 0.842. The Morgan fingerprint density at radius 1 is 0.515 bits per heavy atom. The third-order valence-corrected chi connectivity index (χ3v) is 13.3. The highest BCUT2D eigenvalue weighted by atomic mass is 16.7. The maximum atomic E-state index is 13.2. The summed E-state index contributed by atoms with van der Waals surface area (Å²) in [6.07, 6.45) is 45.9. The molecule has 0 bridgehead atoms. The molecule has 0 aliphatic carbocycles. The van der Waals surface area contributed by atoms with Gasteiger partial charge in [0.25, 0.3) is 0 Å². The van der Waals surface area contributed by atoms with Gasteiger partial charge in [0.15, 0.2) is 6.29 Å². The Morgan fingerprint density at radius 2 is 0.926 bits per heavy atom. The molecule has 9 unspecified atom stereocenters. The van der Waals surface area contributed by atoms with Gasteiger partial charge < -0.3 is 50.5 Å². The first-order valence-corrected chi connectivity index (χ1v) is 28.0. The van der Waals surface area contributed by atoms with Gasteiger partial charge in [-0.05, 0) is 83.5 Å². The van der Waals surface area contributed by atoms with Crippen molar-refractivity contribution in [2.24, 2.45) is 0 Å². The largest absolute Gasteiger partial charge is 0.394 e. The number of carbonyl (C=O) groups is 1. The number of rotatable bonds is 47. The lowest BCUT2D eigenvalue weighted by Crippen LogP contribution is -2.60. The van der Waals surface area contributed by atoms with E-state index in [1.807, 2.05) is 0 Å². The molecule has 0 radical (unpaired) electrons. The summed E-state index contributed by atoms with van der Waals surface area (Å²) in [4.78, 5) is 13.2. The molecular formula is C57H105NO10. The van der Waals surface area contributed by atoms with Crippen molar-refractivity contribution in [2.45, 2.75) is 294 Å². The van der Waals surface area contributed by atoms with E-state index in [9.17, 15) is 40.5 Å². The van der Waals surface area contributed by atoms with Gasteiger partial charge in [0, 0.05) is 0 Å². The van der Waals surface area contributed by atoms with Gasteiger partial charge >= 0.3 is 0 Å². The first-order chi connectivity index (χ1) is 33.2. The maximum Gasteiger partial charge on any atom is 0.249 e. The van der Waals surface area contributed by atoms with Gasteiger partial charge in [-0.3, -0.25) is 4.79 Å². The predicted octanol–water partition coefficient (Wildman–Crippen LogP) is 11.3. The monoisotopic (exact) mass is 964 g/mol. The fourth-order valence-corrected chi connectivity index (χ4v) is 8.72. The molecule has 9 atom stereocenters. The number of aliphatic hydroxyl groups excluding tert-OH is 7. The van der Waals surface area contributed by atoms with Crippen molar-refractivity contribution in [2.75, 3.05) is 13.2 Å². The normalized spacial score (nSPS) is 20.9. The number of amides is 1. The number of allylic oxidation sites excluding steroid dienone is 8. The molecule has 0 aromatic carbocycles. The second-order valence-corrected chi connectivity index (χ2v) is 19.6. The Balaban J connectivity index is 2.36. The molecule has 0 aromatic rings. The highest BCUT2D eigenvalue weighted by molar-refractivity contribution is 5.80. The van der Waals surface area contributed by atoms with E-state index in [0.717, 1.165) is 57.8 Å². The van der Waals surface area contributed by atoms with E-state index in [0.29, 0.717) is 19.3 Å². The van der Waals surface area contributed by atoms with Crippen LogP contribution in [0.5, 0.6) is 0 Å². The van der Waals surface area contributed by atoms with E-state index < -0.39 is 74.2 Å². The molecule has 398 valence electrons. The summed E-state index contributed by atoms with van der Waals surface area (Å²) < 4.78 is 11.1. The number of nitrogens with one attached hydrogen (secondary N) is 1. The summed E-state index contributed by atoms with van der Waals surface area (Å²) in [5, 5.41) is 76.0. The highest BCUT2D eigenvalue weighted by Gasteiger charge is 2.44. The summed E-state index contributed by atoms with van der Waals surface area (Å²) >= 11 is 0. The quantitative estimate of drug-likeness (QED) is 0.0215. The number of unbranched alkanes of at least 4 members (excludes halogenated alkanes) is 27. The molecular weight excluding hydrogens is 859 g/mol. The van der Waals surface area contributed by atoms with Gasteiger partial charge in [-0.1, -0.05) is 204 Å². The van der Waals surface area contributed by atoms with Crippen LogP contribution in [0.25, 0.3) is 0 Å². The van der Waals surface area contributed by atoms with Gasteiger partial charge in [0.1, 0.15) is 36.6 Å². The van der Waals surface area contributed by atoms with Gasteiger partial charge in [-0.15, -0.1) is 0 Å². The number of ether oxygens (including phenoxy) is 2. The van der Waals surface area contributed by atoms with Crippen molar-refractivity contribution in [3.05, 3.63) is 48.6 Å². The SMILES string of the molecule is CCCCCCCCCC/C=C/CC/C=C/CCCC(O)C(O)C(COC1OC(CO)C(O)C(O)C1O)NC(=O)C(O)CCCCCCCCCC/C=C\C/C=C\CCCCCCCCCCC. The first kappa shape index (κ1) is 64.1. The summed E-state index contributed by atoms with van der Waals surface area (Å²) in [6, 6.07) is -1.20. The highest BCUT2D eigenvalue weighted by Crippen LogP contribution is 2.23. The summed E-state index contributed by atoms with van der Waals surface area (Å²) in [5.41, 5.74) is 0. The van der Waals surface area contributed by atoms with Crippen LogP contribution in [0.2, 0.25) is 0 Å². The average Bonchev–Trinajstić information content (AvgIpc) is 3.34. The van der Waals surface area contributed by atoms with E-state index in [1.54, 1.807) is 0 Å². The summed E-state index contributed by atoms with van der Waals surface area (Å²) in [6.45, 7) is 3.43. The second-order valence-electron chi connectivity index (χ2n) is 19.6. The van der Waals surface area contributed by atoms with Crippen LogP contribution >= 0.6 is 0 Å². The van der Waals surface area contributed by atoms with Gasteiger partial charge in [-0.25, -0.2) is 0 Å². The average molecular weight is 964 g/mol. The molecule has 1 fully saturated rings. The molecule has 1 saturated heterocycles. The van der Waals surface area contributed by atoms with Gasteiger partial charge in [0.05, 0.1) is 25.4 Å². The molecule has 1 aliphatic rings. The van der Waals surface area contributed by atoms with Crippen molar-refractivity contribution in [3.8, 4) is 0 Å². The molecule has 11 heteroatoms. The minimum Gasteiger partial charge on any atom is -0.394 e. The first-order valence-electron chi connectivity index (χ1n) is 28.0. The smallest absolute Gasteiger partial charge is 0.249 e. The standard InChI is InChI=1S/C57H105NO10/c1-3-5-7-9-11-13-15-17-19-21-22-23-24-25-26-27-29-31-33-35-37-39-41-43-45-50(61)56(66)58-48(47-67-57-55(65)54(64)53(63)51(46-59)68-57)52(62)49(60)44-42-40-38-36-34-32-30-28-20-18-16-14-12-10-8-6-4-2/h22-23,25-26,28,30,36,38,48-55,57,59-65H,3-21,24,27,29,31-35,37,39-47H2,1-2H3,(H,58,66)/b23-22-,26-25-,30-28+,38-36+. The minimum atomic E-state index is -1.67. The Labute approximate surface area is 415 Å². The topological polar surface area (TPSA) is 189 Å². The van der Waals surface area contributed by atoms with Crippen molar-refractivity contribution in [3.63, 3.8) is 0 Å². The van der Waals surface area contributed by atoms with Crippen molar-refractivity contribution >= 4 is 5.91 Å². The van der Waals surface area contributed by atoms with Crippen molar-refractivity contribution < 1.29 is 50.0 Å². The van der Waals surface area contributed by atoms with Crippen LogP contribution in [0.4, 0.5) is 0 Å². The van der Waals surface area contributed by atoms with E-state index in [4.69, 9.17) is 9.47 Å². The second kappa shape index (κ2) is 46.2. The third-order valence-electron chi connectivity index (χ3n) is 13.3. The van der Waals surface area contributed by atoms with Crippen LogP contribution in [0, 0.1) is 0 Å². The molecule has 0 saturated carbocycles. The lowest BCUT2D eigenvalue weighted by molar-refractivity contribution is -0.303. The Hall–Kier alpha value is -1.93. The predicted molar refractivity (Wildman–Crippen MR) is 279 cm³/mol. The van der Waals surface area contributed by atoms with Crippen LogP contribution in [0.15, 0.2) is 48.6 Å². The fourth-order valence-electron chi connectivity index (χ4n) is 8.72. The van der Waals surface area contributed by atoms with Crippen LogP contribution in [-0.2, 0) is 14.3 Å². The van der Waals surface area contributed by atoms with E-state index in [1.165, 1.54) is 135 Å². The summed E-state index contributed by atoms with van der Waals surface area (Å²) in [5.74, 6) is -0.715. The Kier molecular flexibility index (Phi) is 43.5. The van der Waals surface area contributed by atoms with Crippen LogP contribution in [0.1, 0.15) is 239 Å². The minimum absolute atomic E-state index is 0.243. The molecule has 1 rings (SSSR count). The molecule has 1 amide bonds. The van der Waals surface area contributed by atoms with Crippen molar-refractivity contribution in [1.29, 1.82) is 0 Å². The van der Waals surface area contributed by atoms with E-state index >= 15 is 0 Å². The molecule has 8 N–H and O–H groups in total. The van der Waals surface area contributed by atoms with Gasteiger partial charge in [0.2, 0.25) is 5.91 Å². The lowest BCUT2D eigenvalue weighted by Gasteiger charge is -2.40. The maximum absolute atomic E-state index is 13.2. The van der Waals surface area contributed by atoms with E-state index in [2.05, 4.69) is 67.8 Å². The number of hydrogen-bond acceptors (Lipinski definition) is 10. The lowest BCUT2D eigenvalue weighted by atomic mass is 9.98. The van der Waals surface area contributed by atoms with E-state index in [-0.39, 0.29) is 12.8 Å².